The van der Waals surface area contributed by atoms with E-state index >= 15 is 0 Å². The summed E-state index contributed by atoms with van der Waals surface area (Å²) in [6, 6.07) is 0. The molecule has 0 aliphatic rings. The maximum Gasteiger partial charge on any atom is 0.356 e. The van der Waals surface area contributed by atoms with Crippen LogP contribution in [0.3, 0.4) is 0 Å². The van der Waals surface area contributed by atoms with E-state index in [9.17, 15) is 4.57 Å². The summed E-state index contributed by atoms with van der Waals surface area (Å²) in [7, 11) is -3.08. The van der Waals surface area contributed by atoms with Gasteiger partial charge in [-0.1, -0.05) is 13.8 Å². The molecule has 0 spiro atoms. The van der Waals surface area contributed by atoms with E-state index in [1.165, 1.54) is 0 Å². The van der Waals surface area contributed by atoms with Crippen molar-refractivity contribution in [3.05, 3.63) is 0 Å². The molecule has 1 atom stereocenters. The number of ether oxygens (including phenoxy) is 1. The normalized spacial score (nSPS) is 14.9. The van der Waals surface area contributed by atoms with Gasteiger partial charge >= 0.3 is 7.60 Å². The van der Waals surface area contributed by atoms with Crippen LogP contribution in [0.1, 0.15) is 33.1 Å². The molecule has 1 unspecified atom stereocenters. The number of alkyl halides is 1. The van der Waals surface area contributed by atoms with Crippen molar-refractivity contribution >= 4 is 19.2 Å². The Balaban J connectivity index is 3.97. The van der Waals surface area contributed by atoms with Gasteiger partial charge in [0.15, 0.2) is 0 Å². The van der Waals surface area contributed by atoms with Crippen LogP contribution in [0.5, 0.6) is 0 Å². The number of halogens is 1. The second-order valence-corrected chi connectivity index (χ2v) is 5.73. The molecule has 16 heavy (non-hydrogen) atoms. The van der Waals surface area contributed by atoms with Gasteiger partial charge in [-0.2, -0.15) is 0 Å². The molecular formula is C10H22ClO4P. The summed E-state index contributed by atoms with van der Waals surface area (Å²) < 4.78 is 27.8. The summed E-state index contributed by atoms with van der Waals surface area (Å²) in [5.41, 5.74) is 0. The van der Waals surface area contributed by atoms with E-state index in [0.717, 1.165) is 12.8 Å². The molecule has 0 bridgehead atoms. The van der Waals surface area contributed by atoms with Gasteiger partial charge in [-0.25, -0.2) is 0 Å². The molecule has 98 valence electrons. The topological polar surface area (TPSA) is 44.8 Å². The molecular weight excluding hydrogens is 251 g/mol. The van der Waals surface area contributed by atoms with E-state index in [4.69, 9.17) is 25.4 Å². The van der Waals surface area contributed by atoms with E-state index in [1.54, 1.807) is 0 Å². The Morgan fingerprint density at radius 1 is 1.06 bits per heavy atom. The van der Waals surface area contributed by atoms with Crippen LogP contribution in [-0.2, 0) is 18.3 Å². The maximum atomic E-state index is 12.1. The minimum atomic E-state index is -3.08. The smallest absolute Gasteiger partial charge is 0.356 e. The second-order valence-electron chi connectivity index (χ2n) is 3.36. The molecule has 0 aliphatic heterocycles. The molecule has 0 N–H and O–H groups in total. The third-order valence-electron chi connectivity index (χ3n) is 1.66. The number of rotatable bonds is 11. The molecule has 0 aromatic rings. The second kappa shape index (κ2) is 10.5. The average molecular weight is 273 g/mol. The Kier molecular flexibility index (Phi) is 10.8. The van der Waals surface area contributed by atoms with Gasteiger partial charge in [-0.15, -0.1) is 11.6 Å². The Morgan fingerprint density at radius 2 is 1.69 bits per heavy atom. The average Bonchev–Trinajstić information content (AvgIpc) is 2.27. The van der Waals surface area contributed by atoms with Crippen molar-refractivity contribution in [3.8, 4) is 0 Å². The van der Waals surface area contributed by atoms with Crippen molar-refractivity contribution in [1.29, 1.82) is 0 Å². The van der Waals surface area contributed by atoms with Crippen LogP contribution in [0, 0.1) is 0 Å². The summed E-state index contributed by atoms with van der Waals surface area (Å²) >= 11 is 5.52. The molecule has 0 aromatic heterocycles. The molecule has 0 aromatic carbocycles. The summed E-state index contributed by atoms with van der Waals surface area (Å²) in [5.74, 6) is 0.490. The van der Waals surface area contributed by atoms with Crippen LogP contribution in [-0.4, -0.2) is 32.0 Å². The first-order valence-corrected chi connectivity index (χ1v) is 7.96. The highest BCUT2D eigenvalue weighted by Crippen LogP contribution is 2.48. The molecule has 0 aliphatic carbocycles. The zero-order valence-corrected chi connectivity index (χ0v) is 11.8. The van der Waals surface area contributed by atoms with Crippen molar-refractivity contribution in [2.75, 3.05) is 32.0 Å². The lowest BCUT2D eigenvalue weighted by molar-refractivity contribution is 0.128. The monoisotopic (exact) mass is 272 g/mol. The molecule has 0 saturated carbocycles. The number of hydrogen-bond acceptors (Lipinski definition) is 4. The van der Waals surface area contributed by atoms with Gasteiger partial charge in [0, 0.05) is 12.5 Å². The van der Waals surface area contributed by atoms with E-state index in [1.807, 2.05) is 13.8 Å². The largest absolute Gasteiger partial charge is 0.369 e. The number of hydrogen-bond donors (Lipinski definition) is 0. The summed E-state index contributed by atoms with van der Waals surface area (Å²) in [5, 5.41) is 0. The van der Waals surface area contributed by atoms with Gasteiger partial charge in [0.05, 0.1) is 13.2 Å². The van der Waals surface area contributed by atoms with Gasteiger partial charge < -0.3 is 13.8 Å². The third kappa shape index (κ3) is 8.54. The van der Waals surface area contributed by atoms with E-state index in [2.05, 4.69) is 0 Å². The van der Waals surface area contributed by atoms with Gasteiger partial charge in [-0.3, -0.25) is 4.57 Å². The van der Waals surface area contributed by atoms with Gasteiger partial charge in [-0.05, 0) is 19.3 Å². The van der Waals surface area contributed by atoms with E-state index in [0.29, 0.717) is 32.1 Å². The Hall–Kier alpha value is 0.400. The predicted octanol–water partition coefficient (Wildman–Crippen LogP) is 3.64. The van der Waals surface area contributed by atoms with Crippen LogP contribution >= 0.6 is 19.2 Å². The zero-order valence-electron chi connectivity index (χ0n) is 10.1. The third-order valence-corrected chi connectivity index (χ3v) is 3.57. The fourth-order valence-electron chi connectivity index (χ4n) is 0.921. The summed E-state index contributed by atoms with van der Waals surface area (Å²) in [4.78, 5) is 0. The van der Waals surface area contributed by atoms with Crippen molar-refractivity contribution in [2.24, 2.45) is 0 Å². The molecule has 0 radical (unpaired) electrons. The molecule has 4 nitrogen and oxygen atoms in total. The quantitative estimate of drug-likeness (QED) is 0.327. The Morgan fingerprint density at radius 3 is 2.25 bits per heavy atom. The standard InChI is InChI=1S/C10H22ClO4P/c1-3-7-13-10-16(12,14-8-4-2)15-9-5-6-11/h3-10H2,1-2H3. The highest BCUT2D eigenvalue weighted by molar-refractivity contribution is 7.53. The predicted molar refractivity (Wildman–Crippen MR) is 66.2 cm³/mol. The van der Waals surface area contributed by atoms with E-state index in [-0.39, 0.29) is 6.35 Å². The minimum absolute atomic E-state index is 0.0309. The first-order chi connectivity index (χ1) is 7.68. The van der Waals surface area contributed by atoms with Crippen LogP contribution in [0.25, 0.3) is 0 Å². The van der Waals surface area contributed by atoms with Crippen molar-refractivity contribution in [1.82, 2.24) is 0 Å². The Labute approximate surface area is 103 Å². The van der Waals surface area contributed by atoms with Crippen molar-refractivity contribution in [2.45, 2.75) is 33.1 Å². The van der Waals surface area contributed by atoms with Crippen molar-refractivity contribution < 1.29 is 18.3 Å². The highest BCUT2D eigenvalue weighted by Gasteiger charge is 2.24. The van der Waals surface area contributed by atoms with Gasteiger partial charge in [0.25, 0.3) is 0 Å². The van der Waals surface area contributed by atoms with Crippen LogP contribution in [0.15, 0.2) is 0 Å². The fraction of sp³-hybridized carbons (Fsp3) is 1.00. The first kappa shape index (κ1) is 16.4. The van der Waals surface area contributed by atoms with Gasteiger partial charge in [0.1, 0.15) is 6.35 Å². The summed E-state index contributed by atoms with van der Waals surface area (Å²) in [6.07, 6.45) is 2.38. The zero-order chi connectivity index (χ0) is 12.3. The van der Waals surface area contributed by atoms with Crippen molar-refractivity contribution in [3.63, 3.8) is 0 Å². The SMILES string of the molecule is CCCOCP(=O)(OCCC)OCCCCl. The lowest BCUT2D eigenvalue weighted by Gasteiger charge is -2.18. The van der Waals surface area contributed by atoms with Crippen LogP contribution in [0.2, 0.25) is 0 Å². The Bertz CT molecular complexity index is 187. The fourth-order valence-corrected chi connectivity index (χ4v) is 2.47. The molecule has 0 amide bonds. The maximum absolute atomic E-state index is 12.1. The lowest BCUT2D eigenvalue weighted by atomic mass is 10.5. The van der Waals surface area contributed by atoms with Crippen LogP contribution in [0.4, 0.5) is 0 Å². The molecule has 0 saturated heterocycles. The molecule has 0 fully saturated rings. The van der Waals surface area contributed by atoms with Gasteiger partial charge in [0.2, 0.25) is 0 Å². The minimum Gasteiger partial charge on any atom is -0.369 e. The summed E-state index contributed by atoms with van der Waals surface area (Å²) in [6.45, 7) is 5.29. The highest BCUT2D eigenvalue weighted by atomic mass is 35.5. The molecule has 0 rings (SSSR count). The lowest BCUT2D eigenvalue weighted by Crippen LogP contribution is -2.06. The van der Waals surface area contributed by atoms with Crippen LogP contribution < -0.4 is 0 Å². The van der Waals surface area contributed by atoms with E-state index < -0.39 is 7.60 Å². The first-order valence-electron chi connectivity index (χ1n) is 5.70. The molecule has 6 heteroatoms. The molecule has 0 heterocycles.